The molecule has 2 aromatic carbocycles. The molecule has 2 heterocycles. The van der Waals surface area contributed by atoms with Crippen LogP contribution in [0.1, 0.15) is 24.2 Å². The first kappa shape index (κ1) is 19.7. The maximum absolute atomic E-state index is 14.2. The van der Waals surface area contributed by atoms with Gasteiger partial charge in [0, 0.05) is 18.7 Å². The Morgan fingerprint density at radius 2 is 1.69 bits per heavy atom. The number of fused-ring (bicyclic) bond motifs is 1. The van der Waals surface area contributed by atoms with Crippen LogP contribution >= 0.6 is 0 Å². The summed E-state index contributed by atoms with van der Waals surface area (Å²) in [5.74, 6) is -0.0414. The van der Waals surface area contributed by atoms with Crippen LogP contribution < -0.4 is 9.47 Å². The van der Waals surface area contributed by atoms with Gasteiger partial charge in [0.1, 0.15) is 11.9 Å². The number of para-hydroxylation sites is 2. The van der Waals surface area contributed by atoms with Crippen molar-refractivity contribution >= 4 is 15.7 Å². The second kappa shape index (κ2) is 7.67. The average molecular weight is 419 g/mol. The van der Waals surface area contributed by atoms with E-state index in [1.807, 2.05) is 6.07 Å². The number of carbonyl (C=O) groups excluding carboxylic acids is 1. The summed E-state index contributed by atoms with van der Waals surface area (Å²) >= 11 is 0. The molecule has 0 aromatic heterocycles. The van der Waals surface area contributed by atoms with E-state index >= 15 is 0 Å². The van der Waals surface area contributed by atoms with Crippen LogP contribution in [0, 0.1) is 5.82 Å². The van der Waals surface area contributed by atoms with E-state index in [1.165, 1.54) is 23.1 Å². The number of carbonyl (C=O) groups is 1. The maximum atomic E-state index is 14.2. The standard InChI is InChI=1S/C21H22FNO5S/c1-14-20(28-18-9-5-4-8-17(18)27-14)21(24)23-11-10-19(29(25,26)13-12-23)15-6-2-3-7-16(15)22/h2-9,14,19-20H,10-13H2,1H3. The summed E-state index contributed by atoms with van der Waals surface area (Å²) in [7, 11) is -3.60. The fraction of sp³-hybridized carbons (Fsp3) is 0.381. The van der Waals surface area contributed by atoms with Crippen molar-refractivity contribution in [1.29, 1.82) is 0 Å². The summed E-state index contributed by atoms with van der Waals surface area (Å²) < 4.78 is 51.4. The zero-order chi connectivity index (χ0) is 20.6. The molecule has 0 bridgehead atoms. The Morgan fingerprint density at radius 1 is 1.03 bits per heavy atom. The van der Waals surface area contributed by atoms with Crippen LogP contribution in [0.5, 0.6) is 11.5 Å². The smallest absolute Gasteiger partial charge is 0.267 e. The molecule has 1 amide bonds. The van der Waals surface area contributed by atoms with Gasteiger partial charge in [-0.15, -0.1) is 0 Å². The van der Waals surface area contributed by atoms with Crippen molar-refractivity contribution in [3.05, 3.63) is 59.9 Å². The first-order valence-electron chi connectivity index (χ1n) is 9.54. The summed E-state index contributed by atoms with van der Waals surface area (Å²) in [6, 6.07) is 13.0. The largest absolute Gasteiger partial charge is 0.482 e. The van der Waals surface area contributed by atoms with Gasteiger partial charge in [0.2, 0.25) is 6.10 Å². The van der Waals surface area contributed by atoms with Crippen molar-refractivity contribution in [2.24, 2.45) is 0 Å². The van der Waals surface area contributed by atoms with Crippen LogP contribution in [-0.4, -0.2) is 50.3 Å². The van der Waals surface area contributed by atoms with E-state index in [0.29, 0.717) is 11.5 Å². The van der Waals surface area contributed by atoms with Gasteiger partial charge >= 0.3 is 0 Å². The van der Waals surface area contributed by atoms with E-state index in [0.717, 1.165) is 0 Å². The zero-order valence-corrected chi connectivity index (χ0v) is 16.8. The first-order chi connectivity index (χ1) is 13.9. The normalized spacial score (nSPS) is 25.9. The van der Waals surface area contributed by atoms with Gasteiger partial charge in [0.15, 0.2) is 21.3 Å². The molecular weight excluding hydrogens is 397 g/mol. The summed E-state index contributed by atoms with van der Waals surface area (Å²) in [6.45, 7) is 1.99. The predicted molar refractivity (Wildman–Crippen MR) is 105 cm³/mol. The third kappa shape index (κ3) is 3.81. The molecule has 0 aliphatic carbocycles. The molecule has 8 heteroatoms. The fourth-order valence-electron chi connectivity index (χ4n) is 3.82. The molecule has 3 unspecified atom stereocenters. The highest BCUT2D eigenvalue weighted by Gasteiger charge is 2.40. The summed E-state index contributed by atoms with van der Waals surface area (Å²) in [6.07, 6.45) is -1.25. The Balaban J connectivity index is 1.54. The maximum Gasteiger partial charge on any atom is 0.267 e. The van der Waals surface area contributed by atoms with Crippen molar-refractivity contribution < 1.29 is 27.1 Å². The molecule has 1 fully saturated rings. The molecule has 0 saturated carbocycles. The Hall–Kier alpha value is -2.61. The lowest BCUT2D eigenvalue weighted by Gasteiger charge is -2.34. The molecule has 29 heavy (non-hydrogen) atoms. The van der Waals surface area contributed by atoms with Crippen molar-refractivity contribution in [3.8, 4) is 11.5 Å². The number of amides is 1. The van der Waals surface area contributed by atoms with Crippen LogP contribution in [-0.2, 0) is 14.6 Å². The summed E-state index contributed by atoms with van der Waals surface area (Å²) in [5, 5.41) is -0.969. The molecule has 154 valence electrons. The molecule has 2 aliphatic heterocycles. The third-order valence-corrected chi connectivity index (χ3v) is 7.50. The average Bonchev–Trinajstić information content (AvgIpc) is 2.85. The lowest BCUT2D eigenvalue weighted by Crippen LogP contribution is -2.51. The van der Waals surface area contributed by atoms with Gasteiger partial charge in [0.25, 0.3) is 5.91 Å². The minimum atomic E-state index is -3.60. The molecule has 4 rings (SSSR count). The topological polar surface area (TPSA) is 72.9 Å². The van der Waals surface area contributed by atoms with Crippen LogP contribution in [0.25, 0.3) is 0 Å². The van der Waals surface area contributed by atoms with Crippen molar-refractivity contribution in [2.45, 2.75) is 30.8 Å². The number of rotatable bonds is 2. The predicted octanol–water partition coefficient (Wildman–Crippen LogP) is 2.74. The highest BCUT2D eigenvalue weighted by atomic mass is 32.2. The summed E-state index contributed by atoms with van der Waals surface area (Å²) in [4.78, 5) is 14.6. The molecule has 0 spiro atoms. The Morgan fingerprint density at radius 3 is 2.41 bits per heavy atom. The number of hydrogen-bond donors (Lipinski definition) is 0. The number of ether oxygens (including phenoxy) is 2. The van der Waals surface area contributed by atoms with E-state index in [9.17, 15) is 17.6 Å². The van der Waals surface area contributed by atoms with E-state index in [2.05, 4.69) is 0 Å². The molecule has 1 saturated heterocycles. The fourth-order valence-corrected chi connectivity index (χ4v) is 5.62. The first-order valence-corrected chi connectivity index (χ1v) is 11.3. The van der Waals surface area contributed by atoms with E-state index in [4.69, 9.17) is 9.47 Å². The van der Waals surface area contributed by atoms with Crippen LogP contribution in [0.4, 0.5) is 4.39 Å². The lowest BCUT2D eigenvalue weighted by atomic mass is 10.1. The quantitative estimate of drug-likeness (QED) is 0.749. The second-order valence-corrected chi connectivity index (χ2v) is 9.60. The van der Waals surface area contributed by atoms with Gasteiger partial charge in [-0.3, -0.25) is 4.79 Å². The highest BCUT2D eigenvalue weighted by Crippen LogP contribution is 2.35. The zero-order valence-electron chi connectivity index (χ0n) is 16.0. The molecule has 2 aliphatic rings. The molecule has 0 radical (unpaired) electrons. The second-order valence-electron chi connectivity index (χ2n) is 7.30. The minimum Gasteiger partial charge on any atom is -0.482 e. The van der Waals surface area contributed by atoms with Crippen molar-refractivity contribution in [3.63, 3.8) is 0 Å². The van der Waals surface area contributed by atoms with Gasteiger partial charge in [-0.25, -0.2) is 12.8 Å². The Bertz CT molecular complexity index is 1030. The molecule has 6 nitrogen and oxygen atoms in total. The number of halogens is 1. The van der Waals surface area contributed by atoms with Crippen LogP contribution in [0.2, 0.25) is 0 Å². The number of sulfone groups is 1. The van der Waals surface area contributed by atoms with E-state index < -0.39 is 33.1 Å². The van der Waals surface area contributed by atoms with Gasteiger partial charge < -0.3 is 14.4 Å². The number of benzene rings is 2. The monoisotopic (exact) mass is 419 g/mol. The highest BCUT2D eigenvalue weighted by molar-refractivity contribution is 7.91. The van der Waals surface area contributed by atoms with Crippen LogP contribution in [0.15, 0.2) is 48.5 Å². The molecule has 2 aromatic rings. The Kier molecular flexibility index (Phi) is 5.21. The van der Waals surface area contributed by atoms with E-state index in [-0.39, 0.29) is 36.7 Å². The van der Waals surface area contributed by atoms with Crippen molar-refractivity contribution in [1.82, 2.24) is 4.90 Å². The number of hydrogen-bond acceptors (Lipinski definition) is 5. The van der Waals surface area contributed by atoms with Gasteiger partial charge in [0.05, 0.1) is 11.0 Å². The van der Waals surface area contributed by atoms with Gasteiger partial charge in [-0.05, 0) is 31.5 Å². The van der Waals surface area contributed by atoms with E-state index in [1.54, 1.807) is 31.2 Å². The van der Waals surface area contributed by atoms with Crippen molar-refractivity contribution in [2.75, 3.05) is 18.8 Å². The third-order valence-electron chi connectivity index (χ3n) is 5.39. The lowest BCUT2D eigenvalue weighted by molar-refractivity contribution is -0.144. The number of nitrogens with zero attached hydrogens (tertiary/aromatic N) is 1. The summed E-state index contributed by atoms with van der Waals surface area (Å²) in [5.41, 5.74) is 0.154. The van der Waals surface area contributed by atoms with Gasteiger partial charge in [-0.1, -0.05) is 30.3 Å². The molecule has 3 atom stereocenters. The molecular formula is C21H22FNO5S. The van der Waals surface area contributed by atoms with Gasteiger partial charge in [-0.2, -0.15) is 0 Å². The molecule has 0 N–H and O–H groups in total. The van der Waals surface area contributed by atoms with Crippen LogP contribution in [0.3, 0.4) is 0 Å². The minimum absolute atomic E-state index is 0.0420. The SMILES string of the molecule is CC1Oc2ccccc2OC1C(=O)N1CCC(c2ccccc2F)S(=O)(=O)CC1. The Labute approximate surface area is 169 Å².